The third-order valence-corrected chi connectivity index (χ3v) is 6.47. The summed E-state index contributed by atoms with van der Waals surface area (Å²) in [5.41, 5.74) is 2.87. The van der Waals surface area contributed by atoms with Crippen LogP contribution >= 0.6 is 0 Å². The topological polar surface area (TPSA) is 117 Å². The lowest BCUT2D eigenvalue weighted by Gasteiger charge is -2.22. The van der Waals surface area contributed by atoms with Crippen molar-refractivity contribution >= 4 is 17.8 Å². The number of carboxylic acids is 1. The van der Waals surface area contributed by atoms with Gasteiger partial charge in [-0.05, 0) is 74.0 Å². The van der Waals surface area contributed by atoms with E-state index in [1.165, 1.54) is 12.8 Å². The molecule has 1 aliphatic rings. The highest BCUT2D eigenvalue weighted by atomic mass is 16.5. The van der Waals surface area contributed by atoms with E-state index >= 15 is 0 Å². The van der Waals surface area contributed by atoms with Gasteiger partial charge < -0.3 is 25.8 Å². The minimum atomic E-state index is -1.05. The molecule has 1 unspecified atom stereocenters. The zero-order valence-electron chi connectivity index (χ0n) is 20.9. The first-order chi connectivity index (χ1) is 17.4. The predicted molar refractivity (Wildman–Crippen MR) is 138 cm³/mol. The van der Waals surface area contributed by atoms with E-state index in [2.05, 4.69) is 16.0 Å². The second kappa shape index (κ2) is 14.2. The van der Waals surface area contributed by atoms with Gasteiger partial charge in [0, 0.05) is 19.4 Å². The van der Waals surface area contributed by atoms with Gasteiger partial charge in [-0.15, -0.1) is 0 Å². The quantitative estimate of drug-likeness (QED) is 0.340. The molecule has 2 atom stereocenters. The number of carboxylic acid groups (broad SMARTS) is 1. The van der Waals surface area contributed by atoms with Crippen LogP contribution in [0, 0.1) is 12.8 Å². The molecule has 2 aromatic carbocycles. The van der Waals surface area contributed by atoms with Crippen molar-refractivity contribution in [3.63, 3.8) is 0 Å². The third-order valence-electron chi connectivity index (χ3n) is 6.47. The molecule has 3 rings (SSSR count). The molecule has 2 aromatic rings. The molecule has 0 bridgehead atoms. The molecular formula is C28H37N3O5. The van der Waals surface area contributed by atoms with Crippen molar-refractivity contribution in [2.24, 2.45) is 5.92 Å². The molecule has 0 saturated carbocycles. The fourth-order valence-corrected chi connectivity index (χ4v) is 4.29. The van der Waals surface area contributed by atoms with Gasteiger partial charge in [-0.2, -0.15) is 0 Å². The van der Waals surface area contributed by atoms with E-state index in [0.29, 0.717) is 25.5 Å². The zero-order chi connectivity index (χ0) is 25.8. The molecule has 1 saturated heterocycles. The molecule has 4 N–H and O–H groups in total. The van der Waals surface area contributed by atoms with Crippen LogP contribution in [0.2, 0.25) is 0 Å². The number of hydrogen-bond acceptors (Lipinski definition) is 5. The molecular weight excluding hydrogens is 458 g/mol. The van der Waals surface area contributed by atoms with E-state index in [-0.39, 0.29) is 18.7 Å². The van der Waals surface area contributed by atoms with Gasteiger partial charge in [0.2, 0.25) is 11.8 Å². The summed E-state index contributed by atoms with van der Waals surface area (Å²) in [6, 6.07) is 14.5. The van der Waals surface area contributed by atoms with Crippen molar-refractivity contribution in [2.75, 3.05) is 19.7 Å². The number of rotatable bonds is 13. The zero-order valence-corrected chi connectivity index (χ0v) is 20.9. The average Bonchev–Trinajstić information content (AvgIpc) is 2.88. The minimum absolute atomic E-state index is 0.177. The maximum Gasteiger partial charge on any atom is 0.303 e. The first-order valence-electron chi connectivity index (χ1n) is 12.7. The summed E-state index contributed by atoms with van der Waals surface area (Å²) in [6.45, 7) is 5.08. The van der Waals surface area contributed by atoms with Gasteiger partial charge in [0.15, 0.2) is 0 Å². The van der Waals surface area contributed by atoms with Crippen LogP contribution in [0.4, 0.5) is 0 Å². The van der Waals surface area contributed by atoms with Crippen LogP contribution in [-0.2, 0) is 27.3 Å². The van der Waals surface area contributed by atoms with Crippen LogP contribution < -0.4 is 20.7 Å². The largest absolute Gasteiger partial charge is 0.494 e. The predicted octanol–water partition coefficient (Wildman–Crippen LogP) is 2.97. The lowest BCUT2D eigenvalue weighted by molar-refractivity contribution is -0.139. The fourth-order valence-electron chi connectivity index (χ4n) is 4.29. The van der Waals surface area contributed by atoms with Crippen LogP contribution in [0.3, 0.4) is 0 Å². The molecule has 1 aliphatic heterocycles. The molecule has 1 heterocycles. The molecule has 0 spiro atoms. The highest BCUT2D eigenvalue weighted by molar-refractivity contribution is 5.88. The molecule has 36 heavy (non-hydrogen) atoms. The highest BCUT2D eigenvalue weighted by Gasteiger charge is 2.22. The number of hydrogen-bond donors (Lipinski definition) is 4. The van der Waals surface area contributed by atoms with E-state index in [0.717, 1.165) is 42.0 Å². The molecule has 0 aromatic heterocycles. The van der Waals surface area contributed by atoms with Crippen LogP contribution in [0.15, 0.2) is 48.5 Å². The number of amides is 2. The smallest absolute Gasteiger partial charge is 0.303 e. The van der Waals surface area contributed by atoms with Crippen molar-refractivity contribution in [1.29, 1.82) is 0 Å². The van der Waals surface area contributed by atoms with Gasteiger partial charge in [-0.1, -0.05) is 36.4 Å². The summed E-state index contributed by atoms with van der Waals surface area (Å²) < 4.78 is 5.99. The molecule has 1 fully saturated rings. The molecule has 194 valence electrons. The Labute approximate surface area is 212 Å². The number of aliphatic carboxylic acids is 1. The monoisotopic (exact) mass is 495 g/mol. The van der Waals surface area contributed by atoms with Crippen molar-refractivity contribution < 1.29 is 24.2 Å². The Hall–Kier alpha value is -3.39. The Morgan fingerprint density at radius 1 is 1.14 bits per heavy atom. The normalized spacial score (nSPS) is 16.1. The first-order valence-corrected chi connectivity index (χ1v) is 12.7. The van der Waals surface area contributed by atoms with Crippen LogP contribution in [0.1, 0.15) is 48.8 Å². The Kier molecular flexibility index (Phi) is 10.8. The summed E-state index contributed by atoms with van der Waals surface area (Å²) >= 11 is 0. The van der Waals surface area contributed by atoms with E-state index < -0.39 is 17.9 Å². The van der Waals surface area contributed by atoms with Gasteiger partial charge in [0.05, 0.1) is 13.0 Å². The van der Waals surface area contributed by atoms with Crippen molar-refractivity contribution in [3.05, 3.63) is 65.2 Å². The lowest BCUT2D eigenvalue weighted by Crippen LogP contribution is -2.47. The Morgan fingerprint density at radius 3 is 2.67 bits per heavy atom. The summed E-state index contributed by atoms with van der Waals surface area (Å²) in [7, 11) is 0. The fraction of sp³-hybridized carbons (Fsp3) is 0.464. The SMILES string of the molecule is Cc1ccc(OCCC2CCCNC2)cc1CNC(=O)[C@H](Cc1ccccc1)NC(=O)CCC(=O)O. The Bertz CT molecular complexity index is 1010. The van der Waals surface area contributed by atoms with Crippen LogP contribution in [0.25, 0.3) is 0 Å². The minimum Gasteiger partial charge on any atom is -0.494 e. The number of nitrogens with one attached hydrogen (secondary N) is 3. The number of carbonyl (C=O) groups is 3. The second-order valence-electron chi connectivity index (χ2n) is 9.36. The highest BCUT2D eigenvalue weighted by Crippen LogP contribution is 2.20. The maximum absolute atomic E-state index is 13.1. The van der Waals surface area contributed by atoms with Gasteiger partial charge in [0.25, 0.3) is 0 Å². The van der Waals surface area contributed by atoms with E-state index in [9.17, 15) is 14.4 Å². The van der Waals surface area contributed by atoms with Crippen molar-refractivity contribution in [2.45, 2.75) is 58.0 Å². The third kappa shape index (κ3) is 9.34. The van der Waals surface area contributed by atoms with Gasteiger partial charge >= 0.3 is 5.97 Å². The second-order valence-corrected chi connectivity index (χ2v) is 9.36. The number of aryl methyl sites for hydroxylation is 1. The molecule has 0 radical (unpaired) electrons. The number of carbonyl (C=O) groups excluding carboxylic acids is 2. The van der Waals surface area contributed by atoms with Gasteiger partial charge in [-0.3, -0.25) is 14.4 Å². The van der Waals surface area contributed by atoms with E-state index in [1.807, 2.05) is 55.5 Å². The number of benzene rings is 2. The van der Waals surface area contributed by atoms with E-state index in [4.69, 9.17) is 9.84 Å². The van der Waals surface area contributed by atoms with Gasteiger partial charge in [0.1, 0.15) is 11.8 Å². The summed E-state index contributed by atoms with van der Waals surface area (Å²) in [4.78, 5) is 36.1. The molecule has 2 amide bonds. The average molecular weight is 496 g/mol. The molecule has 0 aliphatic carbocycles. The molecule has 8 nitrogen and oxygen atoms in total. The number of piperidine rings is 1. The van der Waals surface area contributed by atoms with Crippen molar-refractivity contribution in [3.8, 4) is 5.75 Å². The van der Waals surface area contributed by atoms with Crippen LogP contribution in [0.5, 0.6) is 5.75 Å². The van der Waals surface area contributed by atoms with Crippen LogP contribution in [-0.4, -0.2) is 48.6 Å². The Morgan fingerprint density at radius 2 is 1.94 bits per heavy atom. The van der Waals surface area contributed by atoms with Crippen molar-refractivity contribution in [1.82, 2.24) is 16.0 Å². The van der Waals surface area contributed by atoms with E-state index in [1.54, 1.807) is 0 Å². The summed E-state index contributed by atoms with van der Waals surface area (Å²) in [5.74, 6) is -0.417. The molecule has 8 heteroatoms. The first kappa shape index (κ1) is 27.2. The number of ether oxygens (including phenoxy) is 1. The summed E-state index contributed by atoms with van der Waals surface area (Å²) in [5, 5.41) is 17.9. The maximum atomic E-state index is 13.1. The lowest BCUT2D eigenvalue weighted by atomic mass is 9.97. The standard InChI is InChI=1S/C28H37N3O5/c1-20-9-10-24(36-15-13-22-8-5-14-29-18-22)17-23(20)19-30-28(35)25(16-21-6-3-2-4-7-21)31-26(32)11-12-27(33)34/h2-4,6-7,9-10,17,22,25,29H,5,8,11-16,18-19H2,1H3,(H,30,35)(H,31,32)(H,33,34)/t22?,25-/m0/s1. The van der Waals surface area contributed by atoms with Gasteiger partial charge in [-0.25, -0.2) is 0 Å². The summed E-state index contributed by atoms with van der Waals surface area (Å²) in [6.07, 6.45) is 3.31. The Balaban J connectivity index is 1.57.